The molecule has 1 N–H and O–H groups in total. The number of carbonyl (C=O) groups is 1. The van der Waals surface area contributed by atoms with Gasteiger partial charge in [-0.05, 0) is 57.2 Å². The van der Waals surface area contributed by atoms with Crippen LogP contribution in [0.4, 0.5) is 5.69 Å². The van der Waals surface area contributed by atoms with E-state index in [1.54, 1.807) is 25.1 Å². The number of benzene rings is 1. The van der Waals surface area contributed by atoms with Crippen LogP contribution >= 0.6 is 11.6 Å². The Bertz CT molecular complexity index is 858. The fourth-order valence-electron chi connectivity index (χ4n) is 3.07. The average Bonchev–Trinajstić information content (AvgIpc) is 2.56. The summed E-state index contributed by atoms with van der Waals surface area (Å²) < 4.78 is 1.46. The maximum atomic E-state index is 12.7. The minimum absolute atomic E-state index is 0.0447. The zero-order valence-corrected chi connectivity index (χ0v) is 14.6. The van der Waals surface area contributed by atoms with Gasteiger partial charge in [-0.2, -0.15) is 0 Å². The average molecular weight is 346 g/mol. The van der Waals surface area contributed by atoms with Gasteiger partial charge in [-0.3, -0.25) is 14.2 Å². The molecule has 1 aliphatic carbocycles. The molecule has 0 spiro atoms. The van der Waals surface area contributed by atoms with Crippen LogP contribution in [0.1, 0.15) is 35.5 Å². The molecule has 3 rings (SSSR count). The van der Waals surface area contributed by atoms with Crippen molar-refractivity contribution in [1.82, 2.24) is 9.55 Å². The van der Waals surface area contributed by atoms with Crippen molar-refractivity contribution >= 4 is 23.2 Å². The van der Waals surface area contributed by atoms with Gasteiger partial charge in [0.1, 0.15) is 12.4 Å². The van der Waals surface area contributed by atoms with Crippen molar-refractivity contribution in [1.29, 1.82) is 0 Å². The largest absolute Gasteiger partial charge is 0.324 e. The predicted octanol–water partition coefficient (Wildman–Crippen LogP) is 3.03. The highest BCUT2D eigenvalue weighted by Gasteiger charge is 2.19. The molecular formula is C18H20ClN3O2. The number of hydrogen-bond acceptors (Lipinski definition) is 3. The summed E-state index contributed by atoms with van der Waals surface area (Å²) in [6, 6.07) is 5.34. The molecule has 0 saturated heterocycles. The van der Waals surface area contributed by atoms with E-state index in [0.29, 0.717) is 16.5 Å². The van der Waals surface area contributed by atoms with Gasteiger partial charge in [0, 0.05) is 16.3 Å². The van der Waals surface area contributed by atoms with Gasteiger partial charge in [0.2, 0.25) is 5.91 Å². The van der Waals surface area contributed by atoms with Crippen LogP contribution in [0.25, 0.3) is 0 Å². The second-order valence-electron chi connectivity index (χ2n) is 6.14. The number of halogens is 1. The lowest BCUT2D eigenvalue weighted by Gasteiger charge is -2.18. The van der Waals surface area contributed by atoms with Crippen LogP contribution in [0, 0.1) is 13.8 Å². The van der Waals surface area contributed by atoms with E-state index in [1.807, 2.05) is 6.92 Å². The summed E-state index contributed by atoms with van der Waals surface area (Å²) in [6.07, 6.45) is 3.66. The first-order chi connectivity index (χ1) is 11.5. The molecule has 126 valence electrons. The Hall–Kier alpha value is -2.14. The van der Waals surface area contributed by atoms with Gasteiger partial charge < -0.3 is 5.32 Å². The molecule has 5 nitrogen and oxygen atoms in total. The predicted molar refractivity (Wildman–Crippen MR) is 94.7 cm³/mol. The van der Waals surface area contributed by atoms with Crippen LogP contribution in [0.3, 0.4) is 0 Å². The van der Waals surface area contributed by atoms with Gasteiger partial charge in [-0.1, -0.05) is 17.7 Å². The van der Waals surface area contributed by atoms with Crippen molar-refractivity contribution in [2.45, 2.75) is 46.1 Å². The second-order valence-corrected chi connectivity index (χ2v) is 6.55. The molecule has 24 heavy (non-hydrogen) atoms. The summed E-state index contributed by atoms with van der Waals surface area (Å²) in [4.78, 5) is 29.6. The fraction of sp³-hybridized carbons (Fsp3) is 0.389. The molecule has 0 radical (unpaired) electrons. The van der Waals surface area contributed by atoms with Gasteiger partial charge in [-0.25, -0.2) is 4.98 Å². The SMILES string of the molecule is Cc1c(Cl)cccc1NC(=O)Cn1c(C)nc2c(c1=O)CCCC2. The van der Waals surface area contributed by atoms with Gasteiger partial charge in [0.05, 0.1) is 5.69 Å². The summed E-state index contributed by atoms with van der Waals surface area (Å²) in [5, 5.41) is 3.42. The maximum Gasteiger partial charge on any atom is 0.257 e. The number of carbonyl (C=O) groups excluding carboxylic acids is 1. The Balaban J connectivity index is 1.85. The zero-order chi connectivity index (χ0) is 17.3. The number of nitrogens with zero attached hydrogens (tertiary/aromatic N) is 2. The van der Waals surface area contributed by atoms with Crippen LogP contribution in [0.5, 0.6) is 0 Å². The van der Waals surface area contributed by atoms with Crippen molar-refractivity contribution < 1.29 is 4.79 Å². The second kappa shape index (κ2) is 6.77. The lowest BCUT2D eigenvalue weighted by atomic mass is 9.97. The van der Waals surface area contributed by atoms with Crippen LogP contribution in [0.2, 0.25) is 5.02 Å². The van der Waals surface area contributed by atoms with Crippen LogP contribution in [-0.4, -0.2) is 15.5 Å². The van der Waals surface area contributed by atoms with Crippen molar-refractivity contribution in [2.24, 2.45) is 0 Å². The minimum Gasteiger partial charge on any atom is -0.324 e. The van der Waals surface area contributed by atoms with Crippen molar-refractivity contribution in [3.63, 3.8) is 0 Å². The number of nitrogens with one attached hydrogen (secondary N) is 1. The third-order valence-corrected chi connectivity index (χ3v) is 4.88. The van der Waals surface area contributed by atoms with Gasteiger partial charge in [0.25, 0.3) is 5.56 Å². The molecule has 0 unspecified atom stereocenters. The number of aryl methyl sites for hydroxylation is 2. The highest BCUT2D eigenvalue weighted by atomic mass is 35.5. The lowest BCUT2D eigenvalue weighted by molar-refractivity contribution is -0.116. The Labute approximate surface area is 145 Å². The van der Waals surface area contributed by atoms with Gasteiger partial charge in [0.15, 0.2) is 0 Å². The molecule has 1 aliphatic rings. The standard InChI is InChI=1S/C18H20ClN3O2/c1-11-14(19)7-5-9-15(11)21-17(23)10-22-12(2)20-16-8-4-3-6-13(16)18(22)24/h5,7,9H,3-4,6,8,10H2,1-2H3,(H,21,23). The third kappa shape index (κ3) is 3.22. The van der Waals surface area contributed by atoms with E-state index in [4.69, 9.17) is 11.6 Å². The summed E-state index contributed by atoms with van der Waals surface area (Å²) in [7, 11) is 0. The Kier molecular flexibility index (Phi) is 4.71. The first-order valence-corrected chi connectivity index (χ1v) is 8.49. The van der Waals surface area contributed by atoms with Crippen molar-refractivity contribution in [3.8, 4) is 0 Å². The third-order valence-electron chi connectivity index (χ3n) is 4.47. The zero-order valence-electron chi connectivity index (χ0n) is 13.9. The number of fused-ring (bicyclic) bond motifs is 1. The molecule has 0 aliphatic heterocycles. The highest BCUT2D eigenvalue weighted by Crippen LogP contribution is 2.23. The molecule has 2 aromatic rings. The minimum atomic E-state index is -0.261. The number of rotatable bonds is 3. The van der Waals surface area contributed by atoms with E-state index >= 15 is 0 Å². The number of hydrogen-bond donors (Lipinski definition) is 1. The molecule has 1 aromatic carbocycles. The van der Waals surface area contributed by atoms with Crippen LogP contribution in [0.15, 0.2) is 23.0 Å². The highest BCUT2D eigenvalue weighted by molar-refractivity contribution is 6.31. The van der Waals surface area contributed by atoms with E-state index in [-0.39, 0.29) is 18.0 Å². The first kappa shape index (κ1) is 16.7. The summed E-state index contributed by atoms with van der Waals surface area (Å²) in [5.41, 5.74) is 3.03. The quantitative estimate of drug-likeness (QED) is 0.930. The maximum absolute atomic E-state index is 12.7. The molecule has 0 saturated carbocycles. The van der Waals surface area contributed by atoms with E-state index in [0.717, 1.165) is 42.5 Å². The molecule has 1 heterocycles. The van der Waals surface area contributed by atoms with Gasteiger partial charge in [-0.15, -0.1) is 0 Å². The Morgan fingerprint density at radius 2 is 2.04 bits per heavy atom. The van der Waals surface area contributed by atoms with Crippen LogP contribution in [-0.2, 0) is 24.2 Å². The van der Waals surface area contributed by atoms with E-state index in [9.17, 15) is 9.59 Å². The molecule has 0 bridgehead atoms. The number of anilines is 1. The molecule has 1 amide bonds. The Morgan fingerprint density at radius 1 is 1.29 bits per heavy atom. The first-order valence-electron chi connectivity index (χ1n) is 8.11. The van der Waals surface area contributed by atoms with E-state index in [2.05, 4.69) is 10.3 Å². The molecule has 6 heteroatoms. The van der Waals surface area contributed by atoms with Crippen LogP contribution < -0.4 is 10.9 Å². The molecule has 1 aromatic heterocycles. The topological polar surface area (TPSA) is 64.0 Å². The smallest absolute Gasteiger partial charge is 0.257 e. The van der Waals surface area contributed by atoms with Gasteiger partial charge >= 0.3 is 0 Å². The summed E-state index contributed by atoms with van der Waals surface area (Å²) in [6.45, 7) is 3.57. The number of amides is 1. The normalized spacial score (nSPS) is 13.5. The van der Waals surface area contributed by atoms with Crippen molar-refractivity contribution in [2.75, 3.05) is 5.32 Å². The fourth-order valence-corrected chi connectivity index (χ4v) is 3.25. The van der Waals surface area contributed by atoms with E-state index < -0.39 is 0 Å². The summed E-state index contributed by atoms with van der Waals surface area (Å²) >= 11 is 6.07. The van der Waals surface area contributed by atoms with E-state index in [1.165, 1.54) is 4.57 Å². The number of aromatic nitrogens is 2. The lowest BCUT2D eigenvalue weighted by Crippen LogP contribution is -2.34. The molecule has 0 fully saturated rings. The van der Waals surface area contributed by atoms with Crippen molar-refractivity contribution in [3.05, 3.63) is 56.2 Å². The monoisotopic (exact) mass is 345 g/mol. The molecular weight excluding hydrogens is 326 g/mol. The molecule has 0 atom stereocenters. The summed E-state index contributed by atoms with van der Waals surface area (Å²) in [5.74, 6) is 0.321. The Morgan fingerprint density at radius 3 is 2.83 bits per heavy atom.